The number of carbonyl (C=O) groups is 2. The number of hydrogen-bond donors (Lipinski definition) is 1. The predicted octanol–water partition coefficient (Wildman–Crippen LogP) is 3.33. The van der Waals surface area contributed by atoms with Crippen LogP contribution in [-0.2, 0) is 14.3 Å². The second-order valence-corrected chi connectivity index (χ2v) is 8.10. The number of carbonyl (C=O) groups excluding carboxylic acids is 2. The fourth-order valence-corrected chi connectivity index (χ4v) is 5.51. The lowest BCUT2D eigenvalue weighted by Gasteiger charge is -2.56. The molecular weight excluding hydrogens is 314 g/mol. The first-order chi connectivity index (χ1) is 12.1. The zero-order valence-corrected chi connectivity index (χ0v) is 14.4. The number of benzene rings is 1. The number of nitrogens with one attached hydrogen (secondary N) is 1. The summed E-state index contributed by atoms with van der Waals surface area (Å²) in [5.74, 6) is 1.70. The van der Waals surface area contributed by atoms with Gasteiger partial charge in [0.05, 0.1) is 0 Å². The van der Waals surface area contributed by atoms with Gasteiger partial charge < -0.3 is 10.1 Å². The third-order valence-corrected chi connectivity index (χ3v) is 6.00. The van der Waals surface area contributed by atoms with E-state index in [1.54, 1.807) is 6.08 Å². The van der Waals surface area contributed by atoms with E-state index in [1.807, 2.05) is 30.3 Å². The van der Waals surface area contributed by atoms with Crippen LogP contribution in [-0.4, -0.2) is 24.0 Å². The summed E-state index contributed by atoms with van der Waals surface area (Å²) in [6.07, 6.45) is 10.4. The van der Waals surface area contributed by atoms with Gasteiger partial charge in [0.1, 0.15) is 0 Å². The molecule has 25 heavy (non-hydrogen) atoms. The molecule has 4 fully saturated rings. The van der Waals surface area contributed by atoms with Crippen LogP contribution in [0, 0.1) is 17.8 Å². The lowest BCUT2D eigenvalue weighted by molar-refractivity contribution is -0.145. The molecule has 0 saturated heterocycles. The van der Waals surface area contributed by atoms with Crippen molar-refractivity contribution in [3.63, 3.8) is 0 Å². The highest BCUT2D eigenvalue weighted by Crippen LogP contribution is 2.55. The Balaban J connectivity index is 1.27. The third-order valence-electron chi connectivity index (χ3n) is 6.00. The Morgan fingerprint density at radius 1 is 1.04 bits per heavy atom. The van der Waals surface area contributed by atoms with E-state index in [9.17, 15) is 9.59 Å². The molecule has 1 aromatic rings. The van der Waals surface area contributed by atoms with Gasteiger partial charge in [-0.2, -0.15) is 0 Å². The van der Waals surface area contributed by atoms with Crippen LogP contribution in [0.25, 0.3) is 6.08 Å². The van der Waals surface area contributed by atoms with Gasteiger partial charge in [-0.1, -0.05) is 30.3 Å². The molecular formula is C21H25NO3. The van der Waals surface area contributed by atoms with Gasteiger partial charge in [0.15, 0.2) is 6.61 Å². The molecule has 4 bridgehead atoms. The van der Waals surface area contributed by atoms with E-state index in [4.69, 9.17) is 4.74 Å². The lowest BCUT2D eigenvalue weighted by atomic mass is 9.53. The molecule has 0 atom stereocenters. The smallest absolute Gasteiger partial charge is 0.331 e. The highest BCUT2D eigenvalue weighted by atomic mass is 16.5. The van der Waals surface area contributed by atoms with Gasteiger partial charge in [0.2, 0.25) is 0 Å². The largest absolute Gasteiger partial charge is 0.452 e. The Labute approximate surface area is 148 Å². The van der Waals surface area contributed by atoms with Gasteiger partial charge >= 0.3 is 5.97 Å². The van der Waals surface area contributed by atoms with E-state index in [0.29, 0.717) is 0 Å². The number of ether oxygens (including phenoxy) is 1. The van der Waals surface area contributed by atoms with Crippen LogP contribution in [0.15, 0.2) is 36.4 Å². The van der Waals surface area contributed by atoms with Crippen LogP contribution in [0.2, 0.25) is 0 Å². The molecule has 4 nitrogen and oxygen atoms in total. The second-order valence-electron chi connectivity index (χ2n) is 8.10. The normalized spacial score (nSPS) is 32.7. The Hall–Kier alpha value is -2.10. The molecule has 0 spiro atoms. The minimum absolute atomic E-state index is 0.0296. The van der Waals surface area contributed by atoms with Gasteiger partial charge in [-0.15, -0.1) is 0 Å². The van der Waals surface area contributed by atoms with E-state index in [-0.39, 0.29) is 18.1 Å². The molecule has 132 valence electrons. The molecule has 0 unspecified atom stereocenters. The van der Waals surface area contributed by atoms with Crippen molar-refractivity contribution in [3.8, 4) is 0 Å². The molecule has 1 N–H and O–H groups in total. The Bertz CT molecular complexity index is 644. The molecule has 1 aromatic carbocycles. The molecule has 5 rings (SSSR count). The standard InChI is InChI=1S/C21H25NO3/c23-19(14-25-20(24)7-6-15-4-2-1-3-5-15)22-21-11-16-8-17(12-21)10-18(9-16)13-21/h1-7,16-18H,8-14H2,(H,22,23). The van der Waals surface area contributed by atoms with Crippen molar-refractivity contribution >= 4 is 18.0 Å². The van der Waals surface area contributed by atoms with Gasteiger partial charge in [-0.3, -0.25) is 4.79 Å². The van der Waals surface area contributed by atoms with Crippen molar-refractivity contribution in [2.45, 2.75) is 44.1 Å². The van der Waals surface area contributed by atoms with E-state index >= 15 is 0 Å². The summed E-state index contributed by atoms with van der Waals surface area (Å²) in [5, 5.41) is 3.21. The summed E-state index contributed by atoms with van der Waals surface area (Å²) in [5.41, 5.74) is 0.899. The minimum atomic E-state index is -0.482. The van der Waals surface area contributed by atoms with Crippen LogP contribution in [0.4, 0.5) is 0 Å². The SMILES string of the molecule is O=C(COC(=O)C=Cc1ccccc1)NC12CC3CC(CC(C3)C1)C2. The van der Waals surface area contributed by atoms with Crippen molar-refractivity contribution in [1.29, 1.82) is 0 Å². The molecule has 0 aliphatic heterocycles. The van der Waals surface area contributed by atoms with Crippen molar-refractivity contribution in [1.82, 2.24) is 5.32 Å². The van der Waals surface area contributed by atoms with E-state index < -0.39 is 5.97 Å². The summed E-state index contributed by atoms with van der Waals surface area (Å²) in [7, 11) is 0. The average Bonchev–Trinajstić information content (AvgIpc) is 2.57. The van der Waals surface area contributed by atoms with Gasteiger partial charge in [-0.05, 0) is 67.9 Å². The van der Waals surface area contributed by atoms with Crippen LogP contribution in [0.3, 0.4) is 0 Å². The summed E-state index contributed by atoms with van der Waals surface area (Å²) in [6, 6.07) is 9.55. The lowest BCUT2D eigenvalue weighted by Crippen LogP contribution is -2.60. The fourth-order valence-electron chi connectivity index (χ4n) is 5.51. The molecule has 0 radical (unpaired) electrons. The van der Waals surface area contributed by atoms with Crippen LogP contribution in [0.5, 0.6) is 0 Å². The van der Waals surface area contributed by atoms with Gasteiger partial charge in [0.25, 0.3) is 5.91 Å². The molecule has 4 heteroatoms. The van der Waals surface area contributed by atoms with Crippen molar-refractivity contribution in [2.75, 3.05) is 6.61 Å². The Kier molecular flexibility index (Phi) is 4.36. The first-order valence-electron chi connectivity index (χ1n) is 9.31. The number of hydrogen-bond acceptors (Lipinski definition) is 3. The van der Waals surface area contributed by atoms with E-state index in [2.05, 4.69) is 5.32 Å². The maximum atomic E-state index is 12.3. The van der Waals surface area contributed by atoms with E-state index in [1.165, 1.54) is 25.3 Å². The number of esters is 1. The molecule has 1 amide bonds. The Morgan fingerprint density at radius 3 is 2.24 bits per heavy atom. The maximum absolute atomic E-state index is 12.3. The maximum Gasteiger partial charge on any atom is 0.331 e. The highest BCUT2D eigenvalue weighted by Gasteiger charge is 2.51. The topological polar surface area (TPSA) is 55.4 Å². The highest BCUT2D eigenvalue weighted by molar-refractivity contribution is 5.89. The fraction of sp³-hybridized carbons (Fsp3) is 0.524. The molecule has 4 aliphatic carbocycles. The molecule has 0 aromatic heterocycles. The quantitative estimate of drug-likeness (QED) is 0.661. The summed E-state index contributed by atoms with van der Waals surface area (Å²) >= 11 is 0. The summed E-state index contributed by atoms with van der Waals surface area (Å²) in [4.78, 5) is 24.1. The van der Waals surface area contributed by atoms with Crippen molar-refractivity contribution < 1.29 is 14.3 Å². The Morgan fingerprint density at radius 2 is 1.64 bits per heavy atom. The average molecular weight is 339 g/mol. The zero-order chi connectivity index (χ0) is 17.3. The molecule has 4 aliphatic rings. The first kappa shape index (κ1) is 16.4. The monoisotopic (exact) mass is 339 g/mol. The number of rotatable bonds is 5. The summed E-state index contributed by atoms with van der Waals surface area (Å²) < 4.78 is 5.10. The van der Waals surface area contributed by atoms with Crippen LogP contribution in [0.1, 0.15) is 44.1 Å². The first-order valence-corrected chi connectivity index (χ1v) is 9.31. The molecule has 4 saturated carbocycles. The summed E-state index contributed by atoms with van der Waals surface area (Å²) in [6.45, 7) is -0.195. The molecule has 0 heterocycles. The van der Waals surface area contributed by atoms with Crippen LogP contribution >= 0.6 is 0 Å². The van der Waals surface area contributed by atoms with Crippen LogP contribution < -0.4 is 5.32 Å². The van der Waals surface area contributed by atoms with E-state index in [0.717, 1.165) is 42.6 Å². The predicted molar refractivity (Wildman–Crippen MR) is 95.5 cm³/mol. The second kappa shape index (κ2) is 6.66. The minimum Gasteiger partial charge on any atom is -0.452 e. The van der Waals surface area contributed by atoms with Gasteiger partial charge in [-0.25, -0.2) is 4.79 Å². The number of amides is 1. The third kappa shape index (κ3) is 3.78. The zero-order valence-electron chi connectivity index (χ0n) is 14.4. The van der Waals surface area contributed by atoms with Crippen molar-refractivity contribution in [3.05, 3.63) is 42.0 Å². The van der Waals surface area contributed by atoms with Crippen molar-refractivity contribution in [2.24, 2.45) is 17.8 Å². The van der Waals surface area contributed by atoms with Gasteiger partial charge in [0, 0.05) is 11.6 Å².